The molecule has 1 aromatic carbocycles. The van der Waals surface area contributed by atoms with Crippen LogP contribution in [0.1, 0.15) is 285 Å². The zero-order valence-corrected chi connectivity index (χ0v) is 57.1. The number of benzene rings is 1. The first-order valence-corrected chi connectivity index (χ1v) is 38.9. The third-order valence-corrected chi connectivity index (χ3v) is 23.4. The molecule has 0 radical (unpaired) electrons. The quantitative estimate of drug-likeness (QED) is 0.0276. The summed E-state index contributed by atoms with van der Waals surface area (Å²) < 4.78 is 43.1. The molecule has 2 saturated carbocycles. The molecule has 472 valence electrons. The molecule has 2 fully saturated rings. The van der Waals surface area contributed by atoms with Gasteiger partial charge < -0.3 is 18.9 Å². The molecule has 6 unspecified atom stereocenters. The van der Waals surface area contributed by atoms with Crippen LogP contribution in [-0.4, -0.2) is 46.1 Å². The van der Waals surface area contributed by atoms with E-state index in [1.165, 1.54) is 210 Å². The summed E-state index contributed by atoms with van der Waals surface area (Å²) in [6.45, 7) is 10.2. The number of carbonyl (C=O) groups excluding carboxylic acids is 2. The van der Waals surface area contributed by atoms with Crippen molar-refractivity contribution in [2.75, 3.05) is 13.2 Å². The molecule has 5 aromatic heterocycles. The Kier molecular flexibility index (Phi) is 30.7. The van der Waals surface area contributed by atoms with Crippen molar-refractivity contribution in [1.29, 1.82) is 0 Å². The molecule has 0 bridgehead atoms. The standard InChI is InChI=1S/C72H108N2O6S5/c1-5-9-13-17-21-23-27-31-37-53(35-29-25-19-15-11-7-3)51-77-71(75)55-39-33-41-57(47-55)79-69-65(63-49-61-59(83-63)43-45-81-61)67-68(74-85-73-67)66(64-50-62-60(84-64)44-46-82-62)70(69)80-58-42-34-40-56(48-58)72(76)78-52-54(36-30-26-20-16-12-8-4)38-32-28-24-22-18-14-10-6-2/h43-46,49-50,53-58H,5-42,47-48,51-52H2,1-4H3. The minimum Gasteiger partial charge on any atom is -0.486 e. The fraction of sp³-hybridized carbons (Fsp3) is 0.722. The smallest absolute Gasteiger partial charge is 0.309 e. The van der Waals surface area contributed by atoms with Crippen LogP contribution in [0.15, 0.2) is 35.0 Å². The number of nitrogens with zero attached hydrogens (tertiary/aromatic N) is 2. The number of rotatable bonds is 44. The second-order valence-corrected chi connectivity index (χ2v) is 30.3. The van der Waals surface area contributed by atoms with Gasteiger partial charge in [0.25, 0.3) is 0 Å². The average molecular weight is 1260 g/mol. The highest BCUT2D eigenvalue weighted by molar-refractivity contribution is 7.29. The van der Waals surface area contributed by atoms with Crippen molar-refractivity contribution in [2.24, 2.45) is 23.7 Å². The molecular weight excluding hydrogens is 1150 g/mol. The Morgan fingerprint density at radius 1 is 0.459 bits per heavy atom. The van der Waals surface area contributed by atoms with Crippen molar-refractivity contribution in [3.8, 4) is 32.4 Å². The van der Waals surface area contributed by atoms with E-state index in [0.717, 1.165) is 96.1 Å². The van der Waals surface area contributed by atoms with Gasteiger partial charge in [-0.3, -0.25) is 9.59 Å². The minimum atomic E-state index is -0.238. The largest absolute Gasteiger partial charge is 0.486 e. The van der Waals surface area contributed by atoms with Crippen molar-refractivity contribution in [1.82, 2.24) is 8.75 Å². The molecule has 2 aliphatic carbocycles. The average Bonchev–Trinajstić information content (AvgIpc) is 3.85. The van der Waals surface area contributed by atoms with Crippen molar-refractivity contribution < 1.29 is 28.5 Å². The molecule has 5 heterocycles. The third-order valence-electron chi connectivity index (χ3n) is 18.7. The Morgan fingerprint density at radius 3 is 1.14 bits per heavy atom. The van der Waals surface area contributed by atoms with Crippen LogP contribution in [0, 0.1) is 23.7 Å². The lowest BCUT2D eigenvalue weighted by Gasteiger charge is -2.33. The second kappa shape index (κ2) is 38.4. The highest BCUT2D eigenvalue weighted by Gasteiger charge is 2.37. The van der Waals surface area contributed by atoms with Crippen LogP contribution < -0.4 is 9.47 Å². The van der Waals surface area contributed by atoms with Crippen LogP contribution in [0.2, 0.25) is 0 Å². The number of ether oxygens (including phenoxy) is 4. The van der Waals surface area contributed by atoms with Crippen molar-refractivity contribution >= 4 is 98.8 Å². The summed E-state index contributed by atoms with van der Waals surface area (Å²) in [5, 5.41) is 4.32. The van der Waals surface area contributed by atoms with E-state index in [1.807, 2.05) is 0 Å². The molecule has 6 aromatic rings. The SMILES string of the molecule is CCCCCCCCCCC(CCCCCCCC)COC(=O)C1CCCC(Oc2c(OC3CCCC(C(=O)OCC(CCCCCCCC)CCCCCCCCCC)C3)c(-c3cc4sccc4s3)c3nsnc3c2-c2cc3sccc3s2)C1. The molecule has 2 aliphatic rings. The van der Waals surface area contributed by atoms with E-state index in [9.17, 15) is 9.59 Å². The predicted molar refractivity (Wildman–Crippen MR) is 367 cm³/mol. The van der Waals surface area contributed by atoms with E-state index in [4.69, 9.17) is 27.7 Å². The first-order chi connectivity index (χ1) is 41.9. The minimum absolute atomic E-state index is 0.0621. The van der Waals surface area contributed by atoms with Crippen LogP contribution in [0.4, 0.5) is 0 Å². The van der Waals surface area contributed by atoms with Crippen LogP contribution in [0.25, 0.3) is 50.7 Å². The highest BCUT2D eigenvalue weighted by atomic mass is 32.1. The predicted octanol–water partition coefficient (Wildman–Crippen LogP) is 24.3. The van der Waals surface area contributed by atoms with Gasteiger partial charge in [0.2, 0.25) is 0 Å². The Labute approximate surface area is 533 Å². The summed E-state index contributed by atoms with van der Waals surface area (Å²) in [5.41, 5.74) is 3.47. The molecule has 85 heavy (non-hydrogen) atoms. The first kappa shape index (κ1) is 67.8. The van der Waals surface area contributed by atoms with E-state index in [2.05, 4.69) is 62.7 Å². The van der Waals surface area contributed by atoms with Crippen LogP contribution in [0.5, 0.6) is 11.5 Å². The Hall–Kier alpha value is -3.10. The number of hydrogen-bond acceptors (Lipinski definition) is 13. The Bertz CT molecular complexity index is 2560. The van der Waals surface area contributed by atoms with Gasteiger partial charge >= 0.3 is 11.9 Å². The summed E-state index contributed by atoms with van der Waals surface area (Å²) >= 11 is 8.27. The molecule has 0 saturated heterocycles. The molecule has 13 heteroatoms. The number of esters is 2. The summed E-state index contributed by atoms with van der Waals surface area (Å²) in [4.78, 5) is 30.9. The van der Waals surface area contributed by atoms with Gasteiger partial charge in [-0.15, -0.1) is 45.3 Å². The van der Waals surface area contributed by atoms with Crippen LogP contribution in [-0.2, 0) is 19.1 Å². The van der Waals surface area contributed by atoms with Crippen LogP contribution >= 0.6 is 57.1 Å². The molecule has 0 aliphatic heterocycles. The summed E-state index contributed by atoms with van der Waals surface area (Å²) in [6, 6.07) is 8.98. The highest BCUT2D eigenvalue weighted by Crippen LogP contribution is 2.56. The number of carbonyl (C=O) groups is 2. The van der Waals surface area contributed by atoms with E-state index in [1.54, 1.807) is 45.3 Å². The van der Waals surface area contributed by atoms with Gasteiger partial charge in [-0.2, -0.15) is 8.75 Å². The Balaban J connectivity index is 1.01. The Morgan fingerprint density at radius 2 is 0.800 bits per heavy atom. The third kappa shape index (κ3) is 21.5. The van der Waals surface area contributed by atoms with Gasteiger partial charge in [0.15, 0.2) is 11.5 Å². The summed E-state index contributed by atoms with van der Waals surface area (Å²) in [5.74, 6) is 1.60. The maximum atomic E-state index is 14.4. The molecule has 8 rings (SSSR count). The van der Waals surface area contributed by atoms with Gasteiger partial charge in [-0.1, -0.05) is 207 Å². The van der Waals surface area contributed by atoms with Crippen molar-refractivity contribution in [3.05, 3.63) is 35.0 Å². The fourth-order valence-corrected chi connectivity index (χ4v) is 18.4. The van der Waals surface area contributed by atoms with Gasteiger partial charge in [-0.05, 0) is 124 Å². The van der Waals surface area contributed by atoms with Gasteiger partial charge in [0.05, 0.1) is 60.1 Å². The molecule has 6 atom stereocenters. The maximum Gasteiger partial charge on any atom is 0.309 e. The lowest BCUT2D eigenvalue weighted by atomic mass is 9.86. The van der Waals surface area contributed by atoms with Gasteiger partial charge in [-0.25, -0.2) is 0 Å². The maximum absolute atomic E-state index is 14.4. The lowest BCUT2D eigenvalue weighted by Crippen LogP contribution is -2.33. The number of hydrogen-bond donors (Lipinski definition) is 0. The first-order valence-electron chi connectivity index (χ1n) is 34.8. The van der Waals surface area contributed by atoms with Crippen molar-refractivity contribution in [2.45, 2.75) is 297 Å². The number of unbranched alkanes of at least 4 members (excludes halogenated alkanes) is 24. The monoisotopic (exact) mass is 1260 g/mol. The van der Waals surface area contributed by atoms with Gasteiger partial charge in [0, 0.05) is 28.6 Å². The zero-order chi connectivity index (χ0) is 59.3. The zero-order valence-electron chi connectivity index (χ0n) is 53.0. The van der Waals surface area contributed by atoms with E-state index in [-0.39, 0.29) is 36.0 Å². The molecular formula is C72H108N2O6S5. The van der Waals surface area contributed by atoms with E-state index >= 15 is 0 Å². The van der Waals surface area contributed by atoms with Crippen molar-refractivity contribution in [3.63, 3.8) is 0 Å². The number of fused-ring (bicyclic) bond motifs is 3. The fourth-order valence-electron chi connectivity index (χ4n) is 13.5. The molecule has 0 spiro atoms. The van der Waals surface area contributed by atoms with Gasteiger partial charge in [0.1, 0.15) is 11.0 Å². The number of thiophene rings is 4. The summed E-state index contributed by atoms with van der Waals surface area (Å²) in [7, 11) is 0. The molecule has 0 N–H and O–H groups in total. The second-order valence-electron chi connectivity index (χ2n) is 25.7. The normalized spacial score (nSPS) is 18.2. The van der Waals surface area contributed by atoms with E-state index < -0.39 is 0 Å². The van der Waals surface area contributed by atoms with Crippen LogP contribution in [0.3, 0.4) is 0 Å². The lowest BCUT2D eigenvalue weighted by molar-refractivity contribution is -0.153. The number of aromatic nitrogens is 2. The van der Waals surface area contributed by atoms with E-state index in [0.29, 0.717) is 49.4 Å². The topological polar surface area (TPSA) is 96.8 Å². The summed E-state index contributed by atoms with van der Waals surface area (Å²) in [6.07, 6.45) is 46.6. The molecule has 8 nitrogen and oxygen atoms in total. The molecule has 0 amide bonds.